The molecule has 2 aromatic heterocycles. The van der Waals surface area contributed by atoms with Crippen molar-refractivity contribution in [3.05, 3.63) is 51.9 Å². The smallest absolute Gasteiger partial charge is 0.276 e. The number of hydrogen-bond acceptors (Lipinski definition) is 10. The summed E-state index contributed by atoms with van der Waals surface area (Å²) in [7, 11) is 1.22. The van der Waals surface area contributed by atoms with E-state index in [0.29, 0.717) is 0 Å². The number of carbonyl (C=O) groups is 3. The molecule has 14 heteroatoms. The average molecular weight is 664 g/mol. The second kappa shape index (κ2) is 11.3. The second-order valence-electron chi connectivity index (χ2n) is 7.76. The Morgan fingerprint density at radius 2 is 2.30 bits per heavy atom. The molecule has 0 spiro atoms. The summed E-state index contributed by atoms with van der Waals surface area (Å²) < 4.78 is 59.6. The number of carboxylic acids is 1. The van der Waals surface area contributed by atoms with Gasteiger partial charge in [0.25, 0.3) is 11.8 Å². The number of rotatable bonds is 7. The van der Waals surface area contributed by atoms with Gasteiger partial charge in [-0.2, -0.15) is 4.57 Å². The molecule has 4 heterocycles. The Morgan fingerprint density at radius 3 is 3.00 bits per heavy atom. The van der Waals surface area contributed by atoms with E-state index in [1.807, 2.05) is 0 Å². The number of fused-ring (bicyclic) bond motifs is 2. The van der Waals surface area contributed by atoms with Crippen LogP contribution in [0, 0.1) is 0 Å². The zero-order valence-corrected chi connectivity index (χ0v) is 23.1. The number of hydrogen-bond donors (Lipinski definition) is 2. The van der Waals surface area contributed by atoms with Crippen LogP contribution < -0.4 is 20.7 Å². The summed E-state index contributed by atoms with van der Waals surface area (Å²) in [5.74, 6) is -3.21. The van der Waals surface area contributed by atoms with Gasteiger partial charge in [0.1, 0.15) is 24.2 Å². The molecule has 11 nitrogen and oxygen atoms in total. The number of oxime groups is 1. The molecule has 5 rings (SSSR count). The minimum Gasteiger partial charge on any atom is -0.543 e. The fourth-order valence-corrected chi connectivity index (χ4v) is 5.96. The molecule has 0 unspecified atom stereocenters. The Hall–Kier alpha value is -2.72. The molecule has 3 aliphatic rings. The molecular weight excluding hydrogens is 631 g/mol. The summed E-state index contributed by atoms with van der Waals surface area (Å²) in [6, 6.07) is -0.344. The average Bonchev–Trinajstić information content (AvgIpc) is 3.34. The van der Waals surface area contributed by atoms with Gasteiger partial charge in [0.15, 0.2) is 29.3 Å². The van der Waals surface area contributed by atoms with Crippen LogP contribution in [0.15, 0.2) is 40.1 Å². The lowest BCUT2D eigenvalue weighted by Crippen LogP contribution is -2.71. The lowest BCUT2D eigenvalue weighted by atomic mass is 9.95. The van der Waals surface area contributed by atoms with Crippen LogP contribution in [0.5, 0.6) is 0 Å². The summed E-state index contributed by atoms with van der Waals surface area (Å²) in [5, 5.41) is 19.4. The van der Waals surface area contributed by atoms with Crippen LogP contribution >= 0.6 is 47.1 Å². The molecule has 0 radical (unpaired) electrons. The number of nitrogens with one attached hydrogen (secondary N) is 1. The molecule has 37 heavy (non-hydrogen) atoms. The number of carbonyl (C=O) groups excluding carboxylic acids is 3. The third-order valence-electron chi connectivity index (χ3n) is 5.61. The highest BCUT2D eigenvalue weighted by atomic mass is 127. The van der Waals surface area contributed by atoms with E-state index >= 15 is 0 Å². The van der Waals surface area contributed by atoms with E-state index < -0.39 is 72.0 Å². The molecule has 3 N–H and O–H groups in total. The zero-order valence-electron chi connectivity index (χ0n) is 26.1. The monoisotopic (exact) mass is 663 g/mol. The van der Waals surface area contributed by atoms with Crippen molar-refractivity contribution < 1.29 is 38.5 Å². The van der Waals surface area contributed by atoms with E-state index in [0.717, 1.165) is 28.0 Å². The van der Waals surface area contributed by atoms with Crippen LogP contribution in [0.4, 0.5) is 5.13 Å². The lowest BCUT2D eigenvalue weighted by molar-refractivity contribution is -0.697. The number of carboxylic acid groups (broad SMARTS) is 1. The first-order valence-corrected chi connectivity index (χ1v) is 12.5. The number of halogens is 1. The minimum atomic E-state index is -2.71. The van der Waals surface area contributed by atoms with E-state index in [9.17, 15) is 19.5 Å². The predicted octanol–water partition coefficient (Wildman–Crippen LogP) is -0.0358. The van der Waals surface area contributed by atoms with Crippen LogP contribution in [-0.2, 0) is 38.5 Å². The highest BCUT2D eigenvalue weighted by Gasteiger charge is 2.53. The van der Waals surface area contributed by atoms with Crippen LogP contribution in [0.3, 0.4) is 0 Å². The van der Waals surface area contributed by atoms with Gasteiger partial charge in [0, 0.05) is 42.9 Å². The van der Waals surface area contributed by atoms with Gasteiger partial charge in [-0.05, 0) is 25.2 Å². The number of nitrogens with two attached hydrogens (primary N) is 1. The number of aromatic nitrogens is 2. The fourth-order valence-electron chi connectivity index (χ4n) is 4.08. The molecule has 2 atom stereocenters. The Bertz CT molecular complexity index is 1620. The zero-order chi connectivity index (χ0) is 31.6. The highest BCUT2D eigenvalue weighted by molar-refractivity contribution is 14.0. The molecular formula is C23H25IN6O5S2. The highest BCUT2D eigenvalue weighted by Crippen LogP contribution is 2.40. The van der Waals surface area contributed by atoms with Gasteiger partial charge >= 0.3 is 0 Å². The summed E-state index contributed by atoms with van der Waals surface area (Å²) in [6.45, 7) is -0.305. The third kappa shape index (κ3) is 5.18. The molecule has 1 aliphatic carbocycles. The number of nitrogens with zero attached hydrogens (tertiary/aromatic N) is 4. The van der Waals surface area contributed by atoms with Crippen molar-refractivity contribution in [1.82, 2.24) is 15.2 Å². The second-order valence-corrected chi connectivity index (χ2v) is 9.76. The van der Waals surface area contributed by atoms with Gasteiger partial charge in [-0.25, -0.2) is 4.98 Å². The molecule has 196 valence electrons. The topological polar surface area (TPSA) is 154 Å². The molecule has 0 aromatic carbocycles. The van der Waals surface area contributed by atoms with Crippen molar-refractivity contribution in [2.75, 3.05) is 18.6 Å². The van der Waals surface area contributed by atoms with Crippen LogP contribution in [-0.4, -0.2) is 57.7 Å². The lowest BCUT2D eigenvalue weighted by Gasteiger charge is -2.50. The maximum absolute atomic E-state index is 13.2. The number of nitrogen functional groups attached to an aromatic ring is 1. The van der Waals surface area contributed by atoms with Gasteiger partial charge in [-0.3, -0.25) is 14.5 Å². The summed E-state index contributed by atoms with van der Waals surface area (Å²) in [6.07, 6.45) is -7.26. The first-order chi connectivity index (χ1) is 20.0. The van der Waals surface area contributed by atoms with Crippen molar-refractivity contribution in [3.63, 3.8) is 0 Å². The number of aliphatic carboxylic acids is 1. The molecule has 2 aliphatic heterocycles. The van der Waals surface area contributed by atoms with E-state index in [1.54, 1.807) is 0 Å². The molecule has 0 saturated carbocycles. The van der Waals surface area contributed by atoms with Crippen LogP contribution in [0.25, 0.3) is 0 Å². The number of thiazole rings is 1. The van der Waals surface area contributed by atoms with Gasteiger partial charge < -0.3 is 25.8 Å². The quantitative estimate of drug-likeness (QED) is 0.138. The number of pyridine rings is 1. The Kier molecular flexibility index (Phi) is 5.94. The minimum absolute atomic E-state index is 0. The summed E-state index contributed by atoms with van der Waals surface area (Å²) in [4.78, 5) is 48.2. The van der Waals surface area contributed by atoms with Crippen LogP contribution in [0.1, 0.15) is 39.3 Å². The number of amides is 2. The largest absolute Gasteiger partial charge is 0.543 e. The van der Waals surface area contributed by atoms with E-state index in [4.69, 9.17) is 20.2 Å². The van der Waals surface area contributed by atoms with E-state index in [1.165, 1.54) is 29.3 Å². The van der Waals surface area contributed by atoms with Crippen molar-refractivity contribution in [2.24, 2.45) is 5.16 Å². The Labute approximate surface area is 248 Å². The maximum atomic E-state index is 13.2. The molecule has 1 fully saturated rings. The standard InChI is InChI=1S/C23H24N6O5S2.HI/c1-34-27-16(14-11-36-23(24)25-14)19(30)26-17-20(31)29-18(22(32)33)13(10-35-21(17)29)9-28-8-4-6-12-5-2-3-7-15(12)28;/h4,6,8,11,17,21H,2-3,5,7,9-10H2,1H3,(H3-,24,25,26,30,32,33);1H/b27-16+;/t17-,21-;/m1./s1/i2D2,5D2,6D,7D2;. The molecule has 2 aromatic rings. The molecule has 2 amide bonds. The molecule has 1 saturated heterocycles. The first-order valence-electron chi connectivity index (χ1n) is 14.1. The number of thioether (sulfide) groups is 1. The SMILES string of the molecule is I.[2H]c1cc[n+](CC2=C(C(=O)[O-])N3C(=O)[C@@H](NC(=O)/C(=N/OC)c4csc(N)n4)[C@H]3SC2)c2c1C([2H])([2H])C([2H])([2H])CC2([2H])[2H]. The van der Waals surface area contributed by atoms with E-state index in [-0.39, 0.29) is 64.1 Å². The van der Waals surface area contributed by atoms with Gasteiger partial charge in [-0.1, -0.05) is 5.16 Å². The number of anilines is 1. The summed E-state index contributed by atoms with van der Waals surface area (Å²) >= 11 is 2.20. The Morgan fingerprint density at radius 1 is 1.49 bits per heavy atom. The van der Waals surface area contributed by atoms with Crippen molar-refractivity contribution in [2.45, 2.75) is 43.5 Å². The van der Waals surface area contributed by atoms with Gasteiger partial charge in [0.05, 0.1) is 13.0 Å². The van der Waals surface area contributed by atoms with Crippen LogP contribution in [0.2, 0.25) is 0 Å². The normalized spacial score (nSPS) is 27.7. The van der Waals surface area contributed by atoms with E-state index in [2.05, 4.69) is 15.5 Å². The maximum Gasteiger partial charge on any atom is 0.276 e. The summed E-state index contributed by atoms with van der Waals surface area (Å²) in [5.41, 5.74) is 4.45. The van der Waals surface area contributed by atoms with Crippen molar-refractivity contribution in [3.8, 4) is 0 Å². The Balaban J connectivity index is 0.00000442. The predicted molar refractivity (Wildman–Crippen MR) is 146 cm³/mol. The number of β-lactam (4-membered cyclic amide) rings is 1. The fraction of sp³-hybridized carbons (Fsp3) is 0.391. The van der Waals surface area contributed by atoms with Crippen molar-refractivity contribution >= 4 is 75.7 Å². The van der Waals surface area contributed by atoms with Gasteiger partial charge in [0.2, 0.25) is 0 Å². The van der Waals surface area contributed by atoms with Crippen molar-refractivity contribution in [1.29, 1.82) is 0 Å². The van der Waals surface area contributed by atoms with Gasteiger partial charge in [-0.15, -0.1) is 47.1 Å². The molecule has 0 bridgehead atoms. The third-order valence-corrected chi connectivity index (χ3v) is 7.63. The first kappa shape index (κ1) is 19.4.